The van der Waals surface area contributed by atoms with Crippen molar-refractivity contribution in [2.75, 3.05) is 6.61 Å². The highest BCUT2D eigenvalue weighted by atomic mass is 16.5. The molecule has 0 bridgehead atoms. The first-order valence-electron chi connectivity index (χ1n) is 12.6. The number of hydrogen-bond donors (Lipinski definition) is 1. The molecule has 0 radical (unpaired) electrons. The SMILES string of the molecule is CCCCCCCCCCOc1ccc(C(=O)Oc2ccc(OC(=O)c3ccc(O)cc3)cc2)cc1. The van der Waals surface area contributed by atoms with Crippen LogP contribution in [0.2, 0.25) is 0 Å². The molecule has 3 aromatic rings. The number of rotatable bonds is 14. The van der Waals surface area contributed by atoms with E-state index in [4.69, 9.17) is 14.2 Å². The van der Waals surface area contributed by atoms with E-state index < -0.39 is 11.9 Å². The van der Waals surface area contributed by atoms with Gasteiger partial charge in [0.05, 0.1) is 17.7 Å². The van der Waals surface area contributed by atoms with Crippen LogP contribution in [0.5, 0.6) is 23.0 Å². The highest BCUT2D eigenvalue weighted by molar-refractivity contribution is 5.92. The first-order valence-corrected chi connectivity index (χ1v) is 12.6. The number of phenolic OH excluding ortho intramolecular Hbond substituents is 1. The molecule has 0 heterocycles. The van der Waals surface area contributed by atoms with Crippen molar-refractivity contribution < 1.29 is 28.9 Å². The molecule has 0 aromatic heterocycles. The summed E-state index contributed by atoms with van der Waals surface area (Å²) in [5, 5.41) is 9.31. The van der Waals surface area contributed by atoms with Crippen molar-refractivity contribution in [2.45, 2.75) is 58.3 Å². The van der Waals surface area contributed by atoms with Gasteiger partial charge < -0.3 is 19.3 Å². The molecule has 190 valence electrons. The van der Waals surface area contributed by atoms with E-state index in [9.17, 15) is 14.7 Å². The second-order valence-corrected chi connectivity index (χ2v) is 8.65. The number of carbonyl (C=O) groups excluding carboxylic acids is 2. The van der Waals surface area contributed by atoms with E-state index in [-0.39, 0.29) is 5.75 Å². The van der Waals surface area contributed by atoms with Crippen molar-refractivity contribution in [1.82, 2.24) is 0 Å². The second kappa shape index (κ2) is 14.6. The minimum absolute atomic E-state index is 0.0682. The van der Waals surface area contributed by atoms with Crippen LogP contribution in [0.4, 0.5) is 0 Å². The summed E-state index contributed by atoms with van der Waals surface area (Å²) < 4.78 is 16.5. The predicted octanol–water partition coefficient (Wildman–Crippen LogP) is 7.35. The van der Waals surface area contributed by atoms with E-state index in [2.05, 4.69) is 6.92 Å². The van der Waals surface area contributed by atoms with Crippen molar-refractivity contribution in [3.63, 3.8) is 0 Å². The van der Waals surface area contributed by atoms with Crippen molar-refractivity contribution >= 4 is 11.9 Å². The molecule has 0 aliphatic heterocycles. The molecule has 36 heavy (non-hydrogen) atoms. The number of unbranched alkanes of at least 4 members (excludes halogenated alkanes) is 7. The van der Waals surface area contributed by atoms with Crippen molar-refractivity contribution in [3.05, 3.63) is 83.9 Å². The molecule has 3 aromatic carbocycles. The highest BCUT2D eigenvalue weighted by Crippen LogP contribution is 2.21. The minimum Gasteiger partial charge on any atom is -0.508 e. The van der Waals surface area contributed by atoms with Crippen LogP contribution in [0.3, 0.4) is 0 Å². The van der Waals surface area contributed by atoms with E-state index in [0.29, 0.717) is 29.2 Å². The maximum Gasteiger partial charge on any atom is 0.343 e. The Morgan fingerprint density at radius 3 is 1.50 bits per heavy atom. The van der Waals surface area contributed by atoms with Crippen LogP contribution < -0.4 is 14.2 Å². The topological polar surface area (TPSA) is 82.1 Å². The van der Waals surface area contributed by atoms with Gasteiger partial charge in [-0.15, -0.1) is 0 Å². The van der Waals surface area contributed by atoms with Gasteiger partial charge in [0.15, 0.2) is 0 Å². The number of hydrogen-bond acceptors (Lipinski definition) is 6. The molecule has 0 aliphatic carbocycles. The van der Waals surface area contributed by atoms with Gasteiger partial charge in [0.2, 0.25) is 0 Å². The fraction of sp³-hybridized carbons (Fsp3) is 0.333. The molecule has 0 spiro atoms. The van der Waals surface area contributed by atoms with Gasteiger partial charge >= 0.3 is 11.9 Å². The molecule has 0 unspecified atom stereocenters. The lowest BCUT2D eigenvalue weighted by Crippen LogP contribution is -2.09. The van der Waals surface area contributed by atoms with Crippen molar-refractivity contribution in [3.8, 4) is 23.0 Å². The third kappa shape index (κ3) is 9.10. The molecular formula is C30H34O6. The Hall–Kier alpha value is -3.80. The fourth-order valence-corrected chi connectivity index (χ4v) is 3.62. The molecule has 3 rings (SSSR count). The van der Waals surface area contributed by atoms with E-state index in [1.165, 1.54) is 69.2 Å². The average Bonchev–Trinajstić information content (AvgIpc) is 2.89. The van der Waals surface area contributed by atoms with Crippen LogP contribution in [0.1, 0.15) is 79.0 Å². The Labute approximate surface area is 212 Å². The molecule has 0 saturated heterocycles. The van der Waals surface area contributed by atoms with Crippen LogP contribution in [0.25, 0.3) is 0 Å². The van der Waals surface area contributed by atoms with Crippen molar-refractivity contribution in [1.29, 1.82) is 0 Å². The zero-order chi connectivity index (χ0) is 25.6. The van der Waals surface area contributed by atoms with Crippen molar-refractivity contribution in [2.24, 2.45) is 0 Å². The van der Waals surface area contributed by atoms with Gasteiger partial charge in [0.1, 0.15) is 23.0 Å². The summed E-state index contributed by atoms with van der Waals surface area (Å²) in [7, 11) is 0. The highest BCUT2D eigenvalue weighted by Gasteiger charge is 2.11. The third-order valence-electron chi connectivity index (χ3n) is 5.70. The fourth-order valence-electron chi connectivity index (χ4n) is 3.62. The maximum absolute atomic E-state index is 12.5. The van der Waals surface area contributed by atoms with Gasteiger partial charge in [-0.25, -0.2) is 9.59 Å². The summed E-state index contributed by atoms with van der Waals surface area (Å²) in [5.74, 6) is 0.404. The number of aromatic hydroxyl groups is 1. The Kier molecular flexibility index (Phi) is 10.8. The monoisotopic (exact) mass is 490 g/mol. The largest absolute Gasteiger partial charge is 0.508 e. The summed E-state index contributed by atoms with van der Waals surface area (Å²) >= 11 is 0. The summed E-state index contributed by atoms with van der Waals surface area (Å²) in [5.41, 5.74) is 0.728. The Balaban J connectivity index is 1.38. The second-order valence-electron chi connectivity index (χ2n) is 8.65. The lowest BCUT2D eigenvalue weighted by atomic mass is 10.1. The molecule has 1 N–H and O–H groups in total. The number of benzene rings is 3. The lowest BCUT2D eigenvalue weighted by Gasteiger charge is -2.08. The van der Waals surface area contributed by atoms with Gasteiger partial charge in [0.25, 0.3) is 0 Å². The summed E-state index contributed by atoms with van der Waals surface area (Å²) in [6.45, 7) is 2.90. The smallest absolute Gasteiger partial charge is 0.343 e. The molecule has 0 aliphatic rings. The zero-order valence-electron chi connectivity index (χ0n) is 20.8. The summed E-state index contributed by atoms with van der Waals surface area (Å²) in [6.07, 6.45) is 10.0. The molecular weight excluding hydrogens is 456 g/mol. The molecule has 0 fully saturated rings. The summed E-state index contributed by atoms with van der Waals surface area (Å²) in [4.78, 5) is 24.6. The number of phenols is 1. The number of ether oxygens (including phenoxy) is 3. The molecule has 6 nitrogen and oxygen atoms in total. The number of esters is 2. The van der Waals surface area contributed by atoms with E-state index >= 15 is 0 Å². The first-order chi connectivity index (χ1) is 17.5. The van der Waals surface area contributed by atoms with Gasteiger partial charge in [-0.3, -0.25) is 0 Å². The Morgan fingerprint density at radius 1 is 0.583 bits per heavy atom. The predicted molar refractivity (Wildman–Crippen MR) is 139 cm³/mol. The van der Waals surface area contributed by atoms with Crippen LogP contribution in [-0.4, -0.2) is 23.7 Å². The molecule has 0 atom stereocenters. The first kappa shape index (κ1) is 26.8. The van der Waals surface area contributed by atoms with Gasteiger partial charge in [0, 0.05) is 0 Å². The van der Waals surface area contributed by atoms with E-state index in [1.54, 1.807) is 48.5 Å². The lowest BCUT2D eigenvalue weighted by molar-refractivity contribution is 0.0719. The van der Waals surface area contributed by atoms with Crippen LogP contribution in [0, 0.1) is 0 Å². The van der Waals surface area contributed by atoms with Gasteiger partial charge in [-0.2, -0.15) is 0 Å². The third-order valence-corrected chi connectivity index (χ3v) is 5.70. The average molecular weight is 491 g/mol. The number of carbonyl (C=O) groups is 2. The van der Waals surface area contributed by atoms with Crippen LogP contribution in [0.15, 0.2) is 72.8 Å². The van der Waals surface area contributed by atoms with Crippen LogP contribution >= 0.6 is 0 Å². The standard InChI is InChI=1S/C30H34O6/c1-2-3-4-5-6-7-8-9-22-34-26-16-12-24(13-17-26)30(33)36-28-20-18-27(19-21-28)35-29(32)23-10-14-25(31)15-11-23/h10-21,31H,2-9,22H2,1H3. The van der Waals surface area contributed by atoms with Gasteiger partial charge in [-0.1, -0.05) is 51.9 Å². The minimum atomic E-state index is -0.551. The normalized spacial score (nSPS) is 10.6. The van der Waals surface area contributed by atoms with E-state index in [0.717, 1.165) is 12.2 Å². The quantitative estimate of drug-likeness (QED) is 0.144. The molecule has 0 saturated carbocycles. The maximum atomic E-state index is 12.5. The van der Waals surface area contributed by atoms with Gasteiger partial charge in [-0.05, 0) is 79.2 Å². The molecule has 6 heteroatoms. The summed E-state index contributed by atoms with van der Waals surface area (Å²) in [6, 6.07) is 18.9. The Morgan fingerprint density at radius 2 is 1.00 bits per heavy atom. The molecule has 0 amide bonds. The Bertz CT molecular complexity index is 1070. The van der Waals surface area contributed by atoms with E-state index in [1.807, 2.05) is 0 Å². The van der Waals surface area contributed by atoms with Crippen LogP contribution in [-0.2, 0) is 0 Å². The zero-order valence-corrected chi connectivity index (χ0v) is 20.8.